The first kappa shape index (κ1) is 22.0. The highest BCUT2D eigenvalue weighted by Gasteiger charge is 2.05. The molecule has 0 aliphatic carbocycles. The van der Waals surface area contributed by atoms with Gasteiger partial charge in [-0.25, -0.2) is 9.13 Å². The van der Waals surface area contributed by atoms with Crippen LogP contribution in [0.15, 0.2) is 18.7 Å². The van der Waals surface area contributed by atoms with E-state index in [2.05, 4.69) is 6.92 Å². The molecule has 23 heavy (non-hydrogen) atoms. The second-order valence-corrected chi connectivity index (χ2v) is 6.12. The Morgan fingerprint density at radius 3 is 2.22 bits per heavy atom. The fourth-order valence-electron chi connectivity index (χ4n) is 2.55. The molecule has 0 atom stereocenters. The number of nitrogens with zero attached hydrogens (tertiary/aromatic N) is 2. The molecule has 0 radical (unpaired) electrons. The topological polar surface area (TPSA) is 35.1 Å². The van der Waals surface area contributed by atoms with Crippen LogP contribution >= 0.6 is 0 Å². The van der Waals surface area contributed by atoms with Crippen molar-refractivity contribution < 1.29 is 26.5 Å². The van der Waals surface area contributed by atoms with E-state index in [1.54, 1.807) is 0 Å². The third-order valence-electron chi connectivity index (χ3n) is 3.92. The van der Waals surface area contributed by atoms with Gasteiger partial charge in [0.25, 0.3) is 0 Å². The normalized spacial score (nSPS) is 10.3. The molecular formula is C18H33ClN2O2. The van der Waals surface area contributed by atoms with Crippen LogP contribution in [0.1, 0.15) is 71.1 Å². The zero-order valence-electron chi connectivity index (χ0n) is 14.8. The number of hydrogen-bond donors (Lipinski definition) is 0. The lowest BCUT2D eigenvalue weighted by Crippen LogP contribution is -3.00. The summed E-state index contributed by atoms with van der Waals surface area (Å²) in [5, 5.41) is 0. The van der Waals surface area contributed by atoms with Crippen molar-refractivity contribution in [2.24, 2.45) is 7.05 Å². The number of aryl methyl sites for hydroxylation is 1. The van der Waals surface area contributed by atoms with Gasteiger partial charge in [0.2, 0.25) is 6.33 Å². The molecule has 0 N–H and O–H groups in total. The lowest BCUT2D eigenvalue weighted by Gasteiger charge is -2.04. The van der Waals surface area contributed by atoms with E-state index in [0.29, 0.717) is 13.0 Å². The Morgan fingerprint density at radius 2 is 1.65 bits per heavy atom. The fraction of sp³-hybridized carbons (Fsp3) is 0.778. The molecule has 0 aliphatic heterocycles. The summed E-state index contributed by atoms with van der Waals surface area (Å²) in [6.45, 7) is 3.44. The molecule has 1 aromatic heterocycles. The Hall–Kier alpha value is -1.03. The van der Waals surface area contributed by atoms with Crippen LogP contribution in [-0.2, 0) is 23.1 Å². The van der Waals surface area contributed by atoms with Crippen molar-refractivity contribution in [3.8, 4) is 0 Å². The minimum absolute atomic E-state index is 0. The molecule has 0 aliphatic rings. The van der Waals surface area contributed by atoms with Crippen molar-refractivity contribution in [1.29, 1.82) is 0 Å². The minimum atomic E-state index is -0.0560. The average Bonchev–Trinajstić information content (AvgIpc) is 2.91. The lowest BCUT2D eigenvalue weighted by molar-refractivity contribution is -0.671. The van der Waals surface area contributed by atoms with E-state index >= 15 is 0 Å². The summed E-state index contributed by atoms with van der Waals surface area (Å²) in [4.78, 5) is 11.6. The number of unbranched alkanes of at least 4 members (excludes halogenated alkanes) is 8. The lowest BCUT2D eigenvalue weighted by atomic mass is 10.1. The van der Waals surface area contributed by atoms with E-state index in [9.17, 15) is 4.79 Å². The van der Waals surface area contributed by atoms with Crippen molar-refractivity contribution in [2.75, 3.05) is 6.61 Å². The Balaban J connectivity index is 0.00000484. The van der Waals surface area contributed by atoms with Crippen molar-refractivity contribution in [3.05, 3.63) is 18.7 Å². The van der Waals surface area contributed by atoms with Gasteiger partial charge in [0.05, 0.1) is 7.05 Å². The summed E-state index contributed by atoms with van der Waals surface area (Å²) in [5.74, 6) is -0.0560. The van der Waals surface area contributed by atoms with Gasteiger partial charge in [-0.1, -0.05) is 58.3 Å². The monoisotopic (exact) mass is 344 g/mol. The van der Waals surface area contributed by atoms with Crippen LogP contribution in [0.3, 0.4) is 0 Å². The maximum Gasteiger partial charge on any atom is 0.305 e. The largest absolute Gasteiger partial charge is 1.00 e. The van der Waals surface area contributed by atoms with Crippen molar-refractivity contribution in [2.45, 2.75) is 77.7 Å². The molecular weight excluding hydrogens is 312 g/mol. The summed E-state index contributed by atoms with van der Waals surface area (Å²) in [6.07, 6.45) is 17.9. The third kappa shape index (κ3) is 12.1. The van der Waals surface area contributed by atoms with Crippen LogP contribution in [0.4, 0.5) is 0 Å². The predicted molar refractivity (Wildman–Crippen MR) is 88.4 cm³/mol. The number of hydrogen-bond acceptors (Lipinski definition) is 2. The van der Waals surface area contributed by atoms with Gasteiger partial charge in [-0.15, -0.1) is 0 Å². The number of halogens is 1. The van der Waals surface area contributed by atoms with Crippen molar-refractivity contribution in [3.63, 3.8) is 0 Å². The van der Waals surface area contributed by atoms with Gasteiger partial charge in [0.15, 0.2) is 0 Å². The minimum Gasteiger partial charge on any atom is -1.00 e. The molecule has 0 saturated heterocycles. The van der Waals surface area contributed by atoms with Gasteiger partial charge >= 0.3 is 5.97 Å². The van der Waals surface area contributed by atoms with Gasteiger partial charge in [0, 0.05) is 6.42 Å². The number of carbonyl (C=O) groups is 1. The van der Waals surface area contributed by atoms with Gasteiger partial charge < -0.3 is 17.1 Å². The van der Waals surface area contributed by atoms with E-state index in [4.69, 9.17) is 4.74 Å². The summed E-state index contributed by atoms with van der Waals surface area (Å²) in [7, 11) is 1.98. The van der Waals surface area contributed by atoms with E-state index in [1.165, 1.54) is 44.9 Å². The van der Waals surface area contributed by atoms with Crippen LogP contribution in [0.25, 0.3) is 0 Å². The summed E-state index contributed by atoms with van der Waals surface area (Å²) < 4.78 is 9.25. The van der Waals surface area contributed by atoms with Gasteiger partial charge in [-0.2, -0.15) is 0 Å². The molecule has 0 unspecified atom stereocenters. The zero-order chi connectivity index (χ0) is 16.0. The third-order valence-corrected chi connectivity index (χ3v) is 3.92. The van der Waals surface area contributed by atoms with Gasteiger partial charge in [0.1, 0.15) is 25.5 Å². The first-order valence-electron chi connectivity index (χ1n) is 8.89. The molecule has 0 bridgehead atoms. The molecule has 0 aromatic carbocycles. The molecule has 0 spiro atoms. The maximum atomic E-state index is 11.6. The Morgan fingerprint density at radius 1 is 1.04 bits per heavy atom. The maximum absolute atomic E-state index is 11.6. The van der Waals surface area contributed by atoms with Gasteiger partial charge in [-0.05, 0) is 6.42 Å². The van der Waals surface area contributed by atoms with E-state index in [0.717, 1.165) is 19.4 Å². The predicted octanol–water partition coefficient (Wildman–Crippen LogP) is 0.781. The van der Waals surface area contributed by atoms with Crippen molar-refractivity contribution in [1.82, 2.24) is 4.57 Å². The number of rotatable bonds is 13. The first-order chi connectivity index (χ1) is 10.7. The SMILES string of the molecule is CCCCCCCCCCCC(=O)OCCn1cc[n+](C)c1.[Cl-]. The Kier molecular flexibility index (Phi) is 13.9. The first-order valence-corrected chi connectivity index (χ1v) is 8.89. The number of aromatic nitrogens is 2. The Bertz CT molecular complexity index is 407. The van der Waals surface area contributed by atoms with E-state index in [1.807, 2.05) is 34.9 Å². The molecule has 0 saturated carbocycles. The highest BCUT2D eigenvalue weighted by atomic mass is 35.5. The smallest absolute Gasteiger partial charge is 0.305 e. The van der Waals surface area contributed by atoms with Crippen LogP contribution in [0.2, 0.25) is 0 Å². The van der Waals surface area contributed by atoms with Gasteiger partial charge in [-0.3, -0.25) is 4.79 Å². The molecule has 5 heteroatoms. The number of carbonyl (C=O) groups excluding carboxylic acids is 1. The summed E-state index contributed by atoms with van der Waals surface area (Å²) in [6, 6.07) is 0. The molecule has 1 heterocycles. The molecule has 4 nitrogen and oxygen atoms in total. The zero-order valence-corrected chi connectivity index (χ0v) is 15.6. The number of ether oxygens (including phenoxy) is 1. The quantitative estimate of drug-likeness (QED) is 0.301. The summed E-state index contributed by atoms with van der Waals surface area (Å²) >= 11 is 0. The molecule has 0 fully saturated rings. The second-order valence-electron chi connectivity index (χ2n) is 6.12. The standard InChI is InChI=1S/C18H33N2O2.ClH/c1-3-4-5-6-7-8-9-10-11-12-18(21)22-16-15-20-14-13-19(2)17-20;/h13-14,17H,3-12,15-16H2,1-2H3;1H/q+1;/p-1. The van der Waals surface area contributed by atoms with Crippen LogP contribution < -0.4 is 17.0 Å². The van der Waals surface area contributed by atoms with E-state index in [-0.39, 0.29) is 18.4 Å². The molecule has 1 aromatic rings. The number of imidazole rings is 1. The summed E-state index contributed by atoms with van der Waals surface area (Å²) in [5.41, 5.74) is 0. The second kappa shape index (κ2) is 14.6. The van der Waals surface area contributed by atoms with E-state index < -0.39 is 0 Å². The Labute approximate surface area is 147 Å². The molecule has 1 rings (SSSR count). The highest BCUT2D eigenvalue weighted by molar-refractivity contribution is 5.69. The van der Waals surface area contributed by atoms with Crippen LogP contribution in [-0.4, -0.2) is 17.1 Å². The number of esters is 1. The highest BCUT2D eigenvalue weighted by Crippen LogP contribution is 2.10. The molecule has 0 amide bonds. The van der Waals surface area contributed by atoms with Crippen molar-refractivity contribution >= 4 is 5.97 Å². The average molecular weight is 345 g/mol. The molecule has 134 valence electrons. The van der Waals surface area contributed by atoms with Crippen LogP contribution in [0.5, 0.6) is 0 Å². The fourth-order valence-corrected chi connectivity index (χ4v) is 2.55. The van der Waals surface area contributed by atoms with Crippen LogP contribution in [0, 0.1) is 0 Å².